The van der Waals surface area contributed by atoms with E-state index in [1.54, 1.807) is 11.1 Å². The van der Waals surface area contributed by atoms with Crippen LogP contribution in [0.15, 0.2) is 24.3 Å². The van der Waals surface area contributed by atoms with Crippen LogP contribution in [0.5, 0.6) is 0 Å². The number of hydrogen-bond donors (Lipinski definition) is 0. The molecule has 0 atom stereocenters. The fraction of sp³-hybridized carbons (Fsp3) is 0.793. The molecule has 0 aromatic heterocycles. The van der Waals surface area contributed by atoms with E-state index in [1.807, 2.05) is 0 Å². The third-order valence-corrected chi connectivity index (χ3v) is 8.29. The SMILES string of the molecule is CCCCC[C@H]1CC[C@H](c2ccc(CC[C@H]3CC[C@H](CCCC)CC3)cc2)CC1. The van der Waals surface area contributed by atoms with Crippen molar-refractivity contribution in [3.05, 3.63) is 35.4 Å². The summed E-state index contributed by atoms with van der Waals surface area (Å²) in [5.41, 5.74) is 3.20. The minimum Gasteiger partial charge on any atom is -0.0654 e. The molecule has 0 nitrogen and oxygen atoms in total. The molecule has 1 aromatic rings. The molecule has 2 saturated carbocycles. The summed E-state index contributed by atoms with van der Waals surface area (Å²) in [6, 6.07) is 9.85. The van der Waals surface area contributed by atoms with Crippen molar-refractivity contribution in [2.45, 2.75) is 129 Å². The van der Waals surface area contributed by atoms with Gasteiger partial charge in [-0.25, -0.2) is 0 Å². The molecule has 0 saturated heterocycles. The molecule has 2 fully saturated rings. The fourth-order valence-corrected chi connectivity index (χ4v) is 6.10. The topological polar surface area (TPSA) is 0 Å². The molecule has 0 bridgehead atoms. The number of unbranched alkanes of at least 4 members (excludes halogenated alkanes) is 3. The van der Waals surface area contributed by atoms with E-state index in [0.29, 0.717) is 0 Å². The first kappa shape index (κ1) is 22.9. The molecule has 2 aliphatic rings. The molecule has 0 spiro atoms. The van der Waals surface area contributed by atoms with Crippen molar-refractivity contribution in [2.24, 2.45) is 17.8 Å². The van der Waals surface area contributed by atoms with E-state index >= 15 is 0 Å². The summed E-state index contributed by atoms with van der Waals surface area (Å²) in [6.07, 6.45) is 24.6. The smallest absolute Gasteiger partial charge is 0.0162 e. The Bertz CT molecular complexity index is 526. The molecule has 3 rings (SSSR count). The lowest BCUT2D eigenvalue weighted by atomic mass is 9.76. The lowest BCUT2D eigenvalue weighted by Crippen LogP contribution is -2.15. The highest BCUT2D eigenvalue weighted by Crippen LogP contribution is 2.38. The van der Waals surface area contributed by atoms with Crippen molar-refractivity contribution in [1.82, 2.24) is 0 Å². The Morgan fingerprint density at radius 1 is 0.586 bits per heavy atom. The predicted octanol–water partition coefficient (Wildman–Crippen LogP) is 9.47. The van der Waals surface area contributed by atoms with Crippen LogP contribution in [0.2, 0.25) is 0 Å². The molecule has 164 valence electrons. The van der Waals surface area contributed by atoms with Crippen LogP contribution in [0.3, 0.4) is 0 Å². The average Bonchev–Trinajstić information content (AvgIpc) is 2.78. The van der Waals surface area contributed by atoms with Gasteiger partial charge in [0.1, 0.15) is 0 Å². The average molecular weight is 397 g/mol. The summed E-state index contributed by atoms with van der Waals surface area (Å²) in [4.78, 5) is 0. The highest BCUT2D eigenvalue weighted by molar-refractivity contribution is 5.26. The molecular formula is C29H48. The minimum atomic E-state index is 0.838. The maximum Gasteiger partial charge on any atom is -0.0162 e. The summed E-state index contributed by atoms with van der Waals surface area (Å²) >= 11 is 0. The Balaban J connectivity index is 1.34. The molecule has 0 unspecified atom stereocenters. The fourth-order valence-electron chi connectivity index (χ4n) is 6.10. The third kappa shape index (κ3) is 7.76. The Labute approximate surface area is 182 Å². The molecule has 0 aliphatic heterocycles. The van der Waals surface area contributed by atoms with Crippen molar-refractivity contribution in [1.29, 1.82) is 0 Å². The van der Waals surface area contributed by atoms with Crippen LogP contribution >= 0.6 is 0 Å². The van der Waals surface area contributed by atoms with Crippen LogP contribution in [0.4, 0.5) is 0 Å². The van der Waals surface area contributed by atoms with Crippen molar-refractivity contribution < 1.29 is 0 Å². The van der Waals surface area contributed by atoms with Crippen LogP contribution in [-0.2, 0) is 6.42 Å². The third-order valence-electron chi connectivity index (χ3n) is 8.29. The van der Waals surface area contributed by atoms with E-state index in [2.05, 4.69) is 38.1 Å². The van der Waals surface area contributed by atoms with Crippen molar-refractivity contribution in [3.63, 3.8) is 0 Å². The van der Waals surface area contributed by atoms with Gasteiger partial charge in [-0.1, -0.05) is 109 Å². The van der Waals surface area contributed by atoms with Gasteiger partial charge in [0.05, 0.1) is 0 Å². The highest BCUT2D eigenvalue weighted by Gasteiger charge is 2.22. The largest absolute Gasteiger partial charge is 0.0654 e. The van der Waals surface area contributed by atoms with Crippen molar-refractivity contribution >= 4 is 0 Å². The first-order chi connectivity index (χ1) is 14.3. The summed E-state index contributed by atoms with van der Waals surface area (Å²) in [5.74, 6) is 3.90. The monoisotopic (exact) mass is 396 g/mol. The zero-order valence-corrected chi connectivity index (χ0v) is 19.6. The molecule has 2 aliphatic carbocycles. The summed E-state index contributed by atoms with van der Waals surface area (Å²) in [5, 5.41) is 0. The Hall–Kier alpha value is -0.780. The Kier molecular flexibility index (Phi) is 10.1. The zero-order valence-electron chi connectivity index (χ0n) is 19.6. The quantitative estimate of drug-likeness (QED) is 0.327. The van der Waals surface area contributed by atoms with Gasteiger partial charge >= 0.3 is 0 Å². The van der Waals surface area contributed by atoms with Gasteiger partial charge in [0.2, 0.25) is 0 Å². The van der Waals surface area contributed by atoms with E-state index in [-0.39, 0.29) is 0 Å². The maximum absolute atomic E-state index is 2.47. The van der Waals surface area contributed by atoms with Gasteiger partial charge < -0.3 is 0 Å². The molecular weight excluding hydrogens is 348 g/mol. The number of rotatable bonds is 11. The lowest BCUT2D eigenvalue weighted by Gasteiger charge is -2.29. The minimum absolute atomic E-state index is 0.838. The normalized spacial score (nSPS) is 27.8. The van der Waals surface area contributed by atoms with Crippen LogP contribution in [0, 0.1) is 17.8 Å². The molecule has 0 radical (unpaired) electrons. The molecule has 29 heavy (non-hydrogen) atoms. The van der Waals surface area contributed by atoms with Gasteiger partial charge in [-0.05, 0) is 73.3 Å². The molecule has 0 N–H and O–H groups in total. The first-order valence-electron chi connectivity index (χ1n) is 13.4. The van der Waals surface area contributed by atoms with Crippen LogP contribution < -0.4 is 0 Å². The van der Waals surface area contributed by atoms with E-state index in [1.165, 1.54) is 109 Å². The Morgan fingerprint density at radius 2 is 1.10 bits per heavy atom. The highest BCUT2D eigenvalue weighted by atomic mass is 14.3. The summed E-state index contributed by atoms with van der Waals surface area (Å²) in [7, 11) is 0. The number of hydrogen-bond acceptors (Lipinski definition) is 0. The second-order valence-electron chi connectivity index (χ2n) is 10.5. The standard InChI is InChI=1S/C29H48/c1-3-5-7-9-25-16-20-28(21-17-25)29-22-18-27(19-23-29)15-14-26-12-10-24(11-13-26)8-6-4-2/h18-19,22-26,28H,3-17,20-21H2,1-2H3/t24-,25-,26-,28-. The maximum atomic E-state index is 2.47. The Morgan fingerprint density at radius 3 is 1.69 bits per heavy atom. The molecule has 0 amide bonds. The summed E-state index contributed by atoms with van der Waals surface area (Å²) < 4.78 is 0. The van der Waals surface area contributed by atoms with Crippen LogP contribution in [0.25, 0.3) is 0 Å². The summed E-state index contributed by atoms with van der Waals surface area (Å²) in [6.45, 7) is 4.65. The van der Waals surface area contributed by atoms with E-state index in [0.717, 1.165) is 23.7 Å². The lowest BCUT2D eigenvalue weighted by molar-refractivity contribution is 0.250. The second kappa shape index (κ2) is 12.8. The van der Waals surface area contributed by atoms with E-state index in [9.17, 15) is 0 Å². The van der Waals surface area contributed by atoms with Gasteiger partial charge in [0.25, 0.3) is 0 Å². The first-order valence-corrected chi connectivity index (χ1v) is 13.4. The van der Waals surface area contributed by atoms with Gasteiger partial charge in [-0.2, -0.15) is 0 Å². The second-order valence-corrected chi connectivity index (χ2v) is 10.5. The number of benzene rings is 1. The van der Waals surface area contributed by atoms with Gasteiger partial charge in [-0.15, -0.1) is 0 Å². The zero-order chi connectivity index (χ0) is 20.3. The van der Waals surface area contributed by atoms with Crippen LogP contribution in [0.1, 0.15) is 134 Å². The van der Waals surface area contributed by atoms with Gasteiger partial charge in [0, 0.05) is 0 Å². The molecule has 0 heterocycles. The number of aryl methyl sites for hydroxylation is 1. The predicted molar refractivity (Wildman–Crippen MR) is 129 cm³/mol. The molecule has 0 heteroatoms. The molecule has 1 aromatic carbocycles. The van der Waals surface area contributed by atoms with Crippen molar-refractivity contribution in [3.8, 4) is 0 Å². The van der Waals surface area contributed by atoms with E-state index in [4.69, 9.17) is 0 Å². The van der Waals surface area contributed by atoms with Gasteiger partial charge in [-0.3, -0.25) is 0 Å². The van der Waals surface area contributed by atoms with Crippen molar-refractivity contribution in [2.75, 3.05) is 0 Å². The van der Waals surface area contributed by atoms with E-state index < -0.39 is 0 Å². The van der Waals surface area contributed by atoms with Gasteiger partial charge in [0.15, 0.2) is 0 Å². The van der Waals surface area contributed by atoms with Crippen LogP contribution in [-0.4, -0.2) is 0 Å².